The van der Waals surface area contributed by atoms with E-state index in [9.17, 15) is 27.0 Å². The molecule has 11 heteroatoms. The molecule has 2 aromatic rings. The highest BCUT2D eigenvalue weighted by Crippen LogP contribution is 2.34. The van der Waals surface area contributed by atoms with Gasteiger partial charge >= 0.3 is 20.3 Å². The second-order valence-corrected chi connectivity index (χ2v) is 9.39. The van der Waals surface area contributed by atoms with Crippen LogP contribution in [-0.2, 0) is 26.7 Å². The van der Waals surface area contributed by atoms with Crippen molar-refractivity contribution in [1.82, 2.24) is 4.72 Å². The number of benzene rings is 2. The molecule has 0 aromatic heterocycles. The van der Waals surface area contributed by atoms with Crippen LogP contribution in [0.4, 0.5) is 5.69 Å². The van der Waals surface area contributed by atoms with E-state index in [-0.39, 0.29) is 23.6 Å². The fourth-order valence-corrected chi connectivity index (χ4v) is 4.40. The molecule has 2 aromatic carbocycles. The van der Waals surface area contributed by atoms with Crippen molar-refractivity contribution in [3.05, 3.63) is 65.2 Å². The number of anilines is 1. The molecule has 0 fully saturated rings. The van der Waals surface area contributed by atoms with Gasteiger partial charge in [0.15, 0.2) is 0 Å². The van der Waals surface area contributed by atoms with Crippen LogP contribution in [0.25, 0.3) is 0 Å². The van der Waals surface area contributed by atoms with Gasteiger partial charge < -0.3 is 14.4 Å². The Balaban J connectivity index is 1.94. The normalized spacial score (nSPS) is 15.8. The van der Waals surface area contributed by atoms with E-state index in [2.05, 4.69) is 0 Å². The summed E-state index contributed by atoms with van der Waals surface area (Å²) < 4.78 is 54.6. The van der Waals surface area contributed by atoms with Gasteiger partial charge in [0.05, 0.1) is 12.5 Å². The summed E-state index contributed by atoms with van der Waals surface area (Å²) in [6, 6.07) is 9.50. The molecule has 0 amide bonds. The first-order valence-electron chi connectivity index (χ1n) is 7.99. The molecule has 9 nitrogen and oxygen atoms in total. The molecule has 0 radical (unpaired) electrons. The number of aromatic hydroxyl groups is 1. The molecule has 3 N–H and O–H groups in total. The monoisotopic (exact) mass is 426 g/mol. The summed E-state index contributed by atoms with van der Waals surface area (Å²) in [7, 11) is -7.74. The number of hydrogen-bond donors (Lipinski definition) is 3. The van der Waals surface area contributed by atoms with E-state index < -0.39 is 26.2 Å². The first-order chi connectivity index (χ1) is 13.0. The smallest absolute Gasteiger partial charge is 0.330 e. The van der Waals surface area contributed by atoms with Crippen LogP contribution in [0.5, 0.6) is 11.5 Å². The van der Waals surface area contributed by atoms with Crippen molar-refractivity contribution in [3.8, 4) is 11.5 Å². The summed E-state index contributed by atoms with van der Waals surface area (Å²) in [5, 5.41) is 19.7. The molecule has 1 heterocycles. The zero-order valence-electron chi connectivity index (χ0n) is 14.9. The zero-order valence-corrected chi connectivity index (χ0v) is 16.6. The van der Waals surface area contributed by atoms with Crippen molar-refractivity contribution >= 4 is 26.0 Å². The number of rotatable bonds is 5. The molecule has 0 aliphatic carbocycles. The van der Waals surface area contributed by atoms with E-state index in [1.165, 1.54) is 12.1 Å². The van der Waals surface area contributed by atoms with E-state index in [0.29, 0.717) is 21.0 Å². The summed E-state index contributed by atoms with van der Waals surface area (Å²) in [6.07, 6.45) is 2.13. The van der Waals surface area contributed by atoms with Crippen LogP contribution in [-0.4, -0.2) is 33.3 Å². The fourth-order valence-electron chi connectivity index (χ4n) is 2.80. The Morgan fingerprint density at radius 2 is 1.89 bits per heavy atom. The summed E-state index contributed by atoms with van der Waals surface area (Å²) in [5.41, 5.74) is 1.78. The summed E-state index contributed by atoms with van der Waals surface area (Å²) in [6.45, 7) is 1.72. The lowest BCUT2D eigenvalue weighted by atomic mass is 10.0. The van der Waals surface area contributed by atoms with Crippen molar-refractivity contribution in [2.45, 2.75) is 13.3 Å². The van der Waals surface area contributed by atoms with Crippen LogP contribution in [0.15, 0.2) is 48.5 Å². The Labute approximate surface area is 162 Å². The average molecular weight is 426 g/mol. The topological polar surface area (TPSA) is 133 Å². The van der Waals surface area contributed by atoms with Crippen LogP contribution in [0.1, 0.15) is 16.7 Å². The molecule has 28 heavy (non-hydrogen) atoms. The van der Waals surface area contributed by atoms with Crippen molar-refractivity contribution in [1.29, 1.82) is 0 Å². The van der Waals surface area contributed by atoms with Crippen molar-refractivity contribution in [3.63, 3.8) is 0 Å². The second kappa shape index (κ2) is 6.91. The zero-order chi connectivity index (χ0) is 20.7. The van der Waals surface area contributed by atoms with Gasteiger partial charge in [-0.15, -0.1) is 0 Å². The van der Waals surface area contributed by atoms with Crippen molar-refractivity contribution in [2.24, 2.45) is 0 Å². The first-order valence-corrected chi connectivity index (χ1v) is 11.2. The van der Waals surface area contributed by atoms with Crippen LogP contribution in [0.3, 0.4) is 0 Å². The van der Waals surface area contributed by atoms with Gasteiger partial charge in [0, 0.05) is 12.0 Å². The molecule has 150 valence electrons. The lowest BCUT2D eigenvalue weighted by molar-refractivity contribution is 0.392. The van der Waals surface area contributed by atoms with Crippen LogP contribution in [0, 0.1) is 6.92 Å². The van der Waals surface area contributed by atoms with Crippen LogP contribution >= 0.6 is 0 Å². The molecule has 1 aliphatic rings. The van der Waals surface area contributed by atoms with E-state index >= 15 is 0 Å². The average Bonchev–Trinajstić information content (AvgIpc) is 2.82. The Morgan fingerprint density at radius 3 is 2.46 bits per heavy atom. The number of hydrogen-bond acceptors (Lipinski definition) is 7. The van der Waals surface area contributed by atoms with Gasteiger partial charge in [-0.2, -0.15) is 16.8 Å². The minimum atomic E-state index is -4.02. The quantitative estimate of drug-likeness (QED) is 0.619. The Kier molecular flexibility index (Phi) is 4.90. The number of phenols is 1. The molecule has 0 unspecified atom stereocenters. The van der Waals surface area contributed by atoms with E-state index in [1.54, 1.807) is 31.2 Å². The van der Waals surface area contributed by atoms with Gasteiger partial charge in [-0.05, 0) is 30.2 Å². The van der Waals surface area contributed by atoms with Crippen LogP contribution in [0.2, 0.25) is 0 Å². The summed E-state index contributed by atoms with van der Waals surface area (Å²) >= 11 is 0. The molecular formula is C17H18N2O7S2. The van der Waals surface area contributed by atoms with Gasteiger partial charge in [0.25, 0.3) is 0 Å². The highest BCUT2D eigenvalue weighted by molar-refractivity contribution is 7.91. The summed E-state index contributed by atoms with van der Waals surface area (Å²) in [4.78, 5) is 0. The molecule has 1 aliphatic heterocycles. The number of aliphatic hydroxyl groups excluding tert-OH is 1. The fraction of sp³-hybridized carbons (Fsp3) is 0.176. The molecule has 0 saturated heterocycles. The molecular weight excluding hydrogens is 408 g/mol. The van der Waals surface area contributed by atoms with E-state index in [0.717, 1.165) is 12.5 Å². The van der Waals surface area contributed by atoms with Crippen molar-refractivity contribution in [2.75, 3.05) is 10.6 Å². The van der Waals surface area contributed by atoms with Gasteiger partial charge in [0.1, 0.15) is 17.2 Å². The number of phenolic OH excluding ortho intramolecular Hbond substituents is 1. The van der Waals surface area contributed by atoms with Gasteiger partial charge in [-0.1, -0.05) is 24.3 Å². The lowest BCUT2D eigenvalue weighted by Crippen LogP contribution is -2.29. The van der Waals surface area contributed by atoms with Gasteiger partial charge in [0.2, 0.25) is 5.88 Å². The minimum absolute atomic E-state index is 0.0443. The largest absolute Gasteiger partial charge is 0.506 e. The number of aryl methyl sites for hydroxylation is 1. The minimum Gasteiger partial charge on any atom is -0.506 e. The highest BCUT2D eigenvalue weighted by Gasteiger charge is 2.30. The third kappa shape index (κ3) is 4.15. The molecule has 0 atom stereocenters. The van der Waals surface area contributed by atoms with Gasteiger partial charge in [-0.25, -0.2) is 9.03 Å². The van der Waals surface area contributed by atoms with Gasteiger partial charge in [-0.3, -0.25) is 0 Å². The Bertz CT molecular complexity index is 1170. The Morgan fingerprint density at radius 1 is 1.18 bits per heavy atom. The Hall–Kier alpha value is -2.92. The third-order valence-electron chi connectivity index (χ3n) is 3.93. The SMILES string of the molecule is Cc1cccc(Cc2ccc(N3C=C(O)NS3(=O)=O)c(O)c2)c1OS(C)(=O)=O. The summed E-state index contributed by atoms with van der Waals surface area (Å²) in [5.74, 6) is -0.675. The molecule has 0 saturated carbocycles. The predicted molar refractivity (Wildman–Crippen MR) is 103 cm³/mol. The van der Waals surface area contributed by atoms with E-state index in [4.69, 9.17) is 4.18 Å². The maximum Gasteiger partial charge on any atom is 0.330 e. The lowest BCUT2D eigenvalue weighted by Gasteiger charge is -2.17. The molecule has 0 spiro atoms. The van der Waals surface area contributed by atoms with Crippen molar-refractivity contribution < 1.29 is 31.2 Å². The first kappa shape index (κ1) is 19.8. The molecule has 0 bridgehead atoms. The maximum atomic E-state index is 11.9. The third-order valence-corrected chi connectivity index (χ3v) is 5.69. The second-order valence-electron chi connectivity index (χ2n) is 6.27. The van der Waals surface area contributed by atoms with E-state index in [1.807, 2.05) is 4.72 Å². The highest BCUT2D eigenvalue weighted by atomic mass is 32.2. The predicted octanol–water partition coefficient (Wildman–Crippen LogP) is 1.64. The standard InChI is InChI=1S/C17H18N2O7S2/c1-11-4-3-5-13(17(11)26-27(2,22)23)8-12-6-7-14(15(20)9-12)19-10-16(21)18-28(19,24)25/h3-7,9-10,18,20-21H,8H2,1-2H3. The number of nitrogens with one attached hydrogen (secondary N) is 1. The molecule has 3 rings (SSSR count). The number of nitrogens with zero attached hydrogens (tertiary/aromatic N) is 1. The number of aliphatic hydroxyl groups is 1. The maximum absolute atomic E-state index is 11.9. The number of para-hydroxylation sites is 1. The van der Waals surface area contributed by atoms with Crippen LogP contribution < -0.4 is 13.2 Å².